The van der Waals surface area contributed by atoms with E-state index in [9.17, 15) is 23.3 Å². The molecule has 0 bridgehead atoms. The number of benzene rings is 2. The molecule has 2 aromatic carbocycles. The summed E-state index contributed by atoms with van der Waals surface area (Å²) in [6.07, 6.45) is 0. The van der Waals surface area contributed by atoms with Crippen LogP contribution in [0, 0.1) is 10.1 Å². The zero-order chi connectivity index (χ0) is 21.8. The first-order valence-corrected chi connectivity index (χ1v) is 10.1. The third-order valence-electron chi connectivity index (χ3n) is 4.17. The van der Waals surface area contributed by atoms with Crippen LogP contribution in [0.25, 0.3) is 0 Å². The first-order valence-electron chi connectivity index (χ1n) is 8.69. The summed E-state index contributed by atoms with van der Waals surface area (Å²) < 4.78 is 25.9. The molecular formula is C18H23N5O5S. The molecular weight excluding hydrogens is 398 g/mol. The highest BCUT2D eigenvalue weighted by Gasteiger charge is 2.20. The van der Waals surface area contributed by atoms with E-state index >= 15 is 0 Å². The van der Waals surface area contributed by atoms with Crippen LogP contribution < -0.4 is 16.4 Å². The second kappa shape index (κ2) is 8.88. The van der Waals surface area contributed by atoms with Crippen molar-refractivity contribution in [2.75, 3.05) is 31.3 Å². The molecule has 29 heavy (non-hydrogen) atoms. The Bertz CT molecular complexity index is 1040. The van der Waals surface area contributed by atoms with Crippen molar-refractivity contribution in [1.29, 1.82) is 0 Å². The summed E-state index contributed by atoms with van der Waals surface area (Å²) in [7, 11) is -0.775. The number of rotatable bonds is 9. The van der Waals surface area contributed by atoms with Crippen molar-refractivity contribution in [3.8, 4) is 0 Å². The Labute approximate surface area is 168 Å². The van der Waals surface area contributed by atoms with E-state index in [1.165, 1.54) is 38.4 Å². The zero-order valence-electron chi connectivity index (χ0n) is 16.3. The predicted molar refractivity (Wildman–Crippen MR) is 110 cm³/mol. The number of nitrogens with one attached hydrogen (secondary N) is 2. The second-order valence-corrected chi connectivity index (χ2v) is 8.50. The van der Waals surface area contributed by atoms with E-state index in [0.29, 0.717) is 23.5 Å². The lowest BCUT2D eigenvalue weighted by Crippen LogP contribution is -2.22. The number of nitrogens with zero attached hydrogens (tertiary/aromatic N) is 2. The third-order valence-corrected chi connectivity index (χ3v) is 5.98. The molecule has 0 unspecified atom stereocenters. The summed E-state index contributed by atoms with van der Waals surface area (Å²) in [6, 6.07) is 8.56. The maximum Gasteiger partial charge on any atom is 0.275 e. The summed E-state index contributed by atoms with van der Waals surface area (Å²) in [5, 5.41) is 17.5. The Morgan fingerprint density at radius 2 is 1.83 bits per heavy atom. The van der Waals surface area contributed by atoms with Crippen LogP contribution in [0.1, 0.15) is 22.8 Å². The summed E-state index contributed by atoms with van der Waals surface area (Å²) in [6.45, 7) is 2.53. The average Bonchev–Trinajstić information content (AvgIpc) is 2.66. The topological polar surface area (TPSA) is 148 Å². The number of carbonyl (C=O) groups is 1. The van der Waals surface area contributed by atoms with Gasteiger partial charge in [0.25, 0.3) is 5.69 Å². The Morgan fingerprint density at radius 3 is 2.38 bits per heavy atom. The average molecular weight is 421 g/mol. The van der Waals surface area contributed by atoms with Gasteiger partial charge in [0.15, 0.2) is 0 Å². The zero-order valence-corrected chi connectivity index (χ0v) is 17.1. The molecule has 0 aliphatic carbocycles. The largest absolute Gasteiger partial charge is 0.384 e. The van der Waals surface area contributed by atoms with Gasteiger partial charge in [-0.25, -0.2) is 12.7 Å². The molecule has 2 rings (SSSR count). The fourth-order valence-electron chi connectivity index (χ4n) is 2.61. The maximum absolute atomic E-state index is 12.4. The standard InChI is InChI=1S/C18H23N5O5S/c1-4-20-15-8-7-14(29(27,28)22(2)3)10-16(15)21-11-13-6-5-12(18(19)24)9-17(13)23(25)26/h5-10,20-21H,4,11H2,1-3H3,(H2,19,24). The van der Waals surface area contributed by atoms with E-state index in [0.717, 1.165) is 10.4 Å². The molecule has 10 nitrogen and oxygen atoms in total. The monoisotopic (exact) mass is 421 g/mol. The van der Waals surface area contributed by atoms with Gasteiger partial charge < -0.3 is 16.4 Å². The number of nitrogens with two attached hydrogens (primary N) is 1. The van der Waals surface area contributed by atoms with Crippen molar-refractivity contribution >= 4 is 33.0 Å². The molecule has 0 fully saturated rings. The van der Waals surface area contributed by atoms with E-state index in [2.05, 4.69) is 10.6 Å². The SMILES string of the molecule is CCNc1ccc(S(=O)(=O)N(C)C)cc1NCc1ccc(C(N)=O)cc1[N+](=O)[O-]. The van der Waals surface area contributed by atoms with Gasteiger partial charge in [-0.05, 0) is 37.3 Å². The van der Waals surface area contributed by atoms with Crippen LogP contribution in [0.4, 0.5) is 17.1 Å². The van der Waals surface area contributed by atoms with Gasteiger partial charge in [0.1, 0.15) is 0 Å². The molecule has 0 heterocycles. The van der Waals surface area contributed by atoms with Crippen LogP contribution in [-0.4, -0.2) is 44.2 Å². The molecule has 4 N–H and O–H groups in total. The van der Waals surface area contributed by atoms with Crippen LogP contribution in [0.2, 0.25) is 0 Å². The van der Waals surface area contributed by atoms with Gasteiger partial charge in [-0.3, -0.25) is 14.9 Å². The Balaban J connectivity index is 2.41. The lowest BCUT2D eigenvalue weighted by Gasteiger charge is -2.17. The second-order valence-electron chi connectivity index (χ2n) is 6.34. The van der Waals surface area contributed by atoms with E-state index in [4.69, 9.17) is 5.73 Å². The van der Waals surface area contributed by atoms with Crippen molar-refractivity contribution < 1.29 is 18.1 Å². The minimum absolute atomic E-state index is 0.0351. The maximum atomic E-state index is 12.4. The summed E-state index contributed by atoms with van der Waals surface area (Å²) in [5.74, 6) is -0.761. The van der Waals surface area contributed by atoms with Crippen LogP contribution in [0.15, 0.2) is 41.3 Å². The lowest BCUT2D eigenvalue weighted by atomic mass is 10.1. The van der Waals surface area contributed by atoms with E-state index in [1.54, 1.807) is 6.07 Å². The molecule has 11 heteroatoms. The number of anilines is 2. The van der Waals surface area contributed by atoms with Crippen molar-refractivity contribution in [1.82, 2.24) is 4.31 Å². The summed E-state index contributed by atoms with van der Waals surface area (Å²) in [4.78, 5) is 22.1. The van der Waals surface area contributed by atoms with E-state index in [1.807, 2.05) is 6.92 Å². The highest BCUT2D eigenvalue weighted by atomic mass is 32.2. The van der Waals surface area contributed by atoms with Gasteiger partial charge in [-0.1, -0.05) is 0 Å². The van der Waals surface area contributed by atoms with Crippen molar-refractivity contribution in [2.24, 2.45) is 5.73 Å². The molecule has 0 spiro atoms. The fraction of sp³-hybridized carbons (Fsp3) is 0.278. The molecule has 0 saturated heterocycles. The highest BCUT2D eigenvalue weighted by Crippen LogP contribution is 2.28. The number of sulfonamides is 1. The number of carbonyl (C=O) groups excluding carboxylic acids is 1. The molecule has 0 aliphatic heterocycles. The van der Waals surface area contributed by atoms with Gasteiger partial charge in [0.05, 0.1) is 21.2 Å². The Hall–Kier alpha value is -3.18. The third kappa shape index (κ3) is 5.00. The molecule has 0 aliphatic rings. The Kier molecular flexibility index (Phi) is 6.77. The predicted octanol–water partition coefficient (Wildman–Crippen LogP) is 1.99. The van der Waals surface area contributed by atoms with Crippen LogP contribution in [-0.2, 0) is 16.6 Å². The van der Waals surface area contributed by atoms with E-state index < -0.39 is 20.9 Å². The van der Waals surface area contributed by atoms with Gasteiger partial charge in [0.2, 0.25) is 15.9 Å². The number of nitro groups is 1. The molecule has 0 aromatic heterocycles. The van der Waals surface area contributed by atoms with Crippen LogP contribution in [0.3, 0.4) is 0 Å². The number of nitro benzene ring substituents is 1. The number of amides is 1. The smallest absolute Gasteiger partial charge is 0.275 e. The quantitative estimate of drug-likeness (QED) is 0.414. The first kappa shape index (κ1) is 22.1. The number of hydrogen-bond acceptors (Lipinski definition) is 7. The molecule has 156 valence electrons. The Morgan fingerprint density at radius 1 is 1.14 bits per heavy atom. The normalized spacial score (nSPS) is 11.3. The van der Waals surface area contributed by atoms with Crippen molar-refractivity contribution in [3.63, 3.8) is 0 Å². The van der Waals surface area contributed by atoms with Crippen LogP contribution >= 0.6 is 0 Å². The molecule has 0 radical (unpaired) electrons. The minimum Gasteiger partial charge on any atom is -0.384 e. The van der Waals surface area contributed by atoms with Crippen molar-refractivity contribution in [3.05, 3.63) is 57.6 Å². The van der Waals surface area contributed by atoms with Gasteiger partial charge in [-0.2, -0.15) is 0 Å². The number of primary amides is 1. The number of hydrogen-bond donors (Lipinski definition) is 3. The summed E-state index contributed by atoms with van der Waals surface area (Å²) in [5.41, 5.74) is 6.42. The lowest BCUT2D eigenvalue weighted by molar-refractivity contribution is -0.385. The van der Waals surface area contributed by atoms with Gasteiger partial charge >= 0.3 is 0 Å². The summed E-state index contributed by atoms with van der Waals surface area (Å²) >= 11 is 0. The molecule has 0 atom stereocenters. The van der Waals surface area contributed by atoms with Gasteiger partial charge in [0, 0.05) is 44.4 Å². The minimum atomic E-state index is -3.64. The molecule has 2 aromatic rings. The molecule has 0 saturated carbocycles. The van der Waals surface area contributed by atoms with Crippen molar-refractivity contribution in [2.45, 2.75) is 18.4 Å². The van der Waals surface area contributed by atoms with E-state index in [-0.39, 0.29) is 22.7 Å². The first-order chi connectivity index (χ1) is 13.6. The highest BCUT2D eigenvalue weighted by molar-refractivity contribution is 7.89. The van der Waals surface area contributed by atoms with Gasteiger partial charge in [-0.15, -0.1) is 0 Å². The fourth-order valence-corrected chi connectivity index (χ4v) is 3.54. The van der Waals surface area contributed by atoms with Crippen LogP contribution in [0.5, 0.6) is 0 Å². The molecule has 1 amide bonds.